The Morgan fingerprint density at radius 2 is 1.90 bits per heavy atom. The molecule has 0 atom stereocenters. The van der Waals surface area contributed by atoms with Gasteiger partial charge >= 0.3 is 0 Å². The molecule has 0 bridgehead atoms. The van der Waals surface area contributed by atoms with Crippen molar-refractivity contribution in [2.75, 3.05) is 0 Å². The van der Waals surface area contributed by atoms with Crippen molar-refractivity contribution in [3.63, 3.8) is 0 Å². The molecular weight excluding hydrogens is 291 g/mol. The molecular formula is C16H18Cl2N2. The molecule has 0 spiro atoms. The second-order valence-electron chi connectivity index (χ2n) is 5.30. The number of rotatable bonds is 4. The standard InChI is InChI=1S/C16H18Cl2N2/c17-14-8-3-9-15(16(14)18)20-10-4-7-13(20)11-19-12-5-1-2-6-12/h3-4,7-10,12,19H,1-2,5-6,11H2. The molecule has 1 aliphatic rings. The van der Waals surface area contributed by atoms with Crippen molar-refractivity contribution < 1.29 is 0 Å². The molecule has 0 amide bonds. The van der Waals surface area contributed by atoms with E-state index < -0.39 is 0 Å². The Bertz CT molecular complexity index is 586. The van der Waals surface area contributed by atoms with Crippen LogP contribution in [0, 0.1) is 0 Å². The quantitative estimate of drug-likeness (QED) is 0.857. The van der Waals surface area contributed by atoms with Gasteiger partial charge in [-0.25, -0.2) is 0 Å². The third kappa shape index (κ3) is 2.88. The molecule has 0 radical (unpaired) electrons. The summed E-state index contributed by atoms with van der Waals surface area (Å²) in [4.78, 5) is 0. The fourth-order valence-corrected chi connectivity index (χ4v) is 3.24. The van der Waals surface area contributed by atoms with Gasteiger partial charge in [0.1, 0.15) is 0 Å². The summed E-state index contributed by atoms with van der Waals surface area (Å²) in [6.45, 7) is 0.862. The summed E-state index contributed by atoms with van der Waals surface area (Å²) in [5.41, 5.74) is 2.15. The van der Waals surface area contributed by atoms with Crippen LogP contribution in [0.2, 0.25) is 10.0 Å². The van der Waals surface area contributed by atoms with Gasteiger partial charge in [0.05, 0.1) is 15.7 Å². The van der Waals surface area contributed by atoms with E-state index >= 15 is 0 Å². The average molecular weight is 309 g/mol. The summed E-state index contributed by atoms with van der Waals surface area (Å²) >= 11 is 12.4. The summed E-state index contributed by atoms with van der Waals surface area (Å²) in [6, 6.07) is 10.6. The van der Waals surface area contributed by atoms with Crippen LogP contribution in [0.15, 0.2) is 36.5 Å². The highest BCUT2D eigenvalue weighted by Gasteiger charge is 2.15. The molecule has 1 aromatic heterocycles. The van der Waals surface area contributed by atoms with Crippen LogP contribution < -0.4 is 5.32 Å². The van der Waals surface area contributed by atoms with E-state index in [1.165, 1.54) is 31.4 Å². The number of benzene rings is 1. The van der Waals surface area contributed by atoms with Crippen LogP contribution >= 0.6 is 23.2 Å². The molecule has 20 heavy (non-hydrogen) atoms. The van der Waals surface area contributed by atoms with E-state index in [4.69, 9.17) is 23.2 Å². The zero-order chi connectivity index (χ0) is 13.9. The zero-order valence-electron chi connectivity index (χ0n) is 11.3. The molecule has 1 fully saturated rings. The van der Waals surface area contributed by atoms with Gasteiger partial charge in [-0.15, -0.1) is 0 Å². The van der Waals surface area contributed by atoms with Crippen LogP contribution in [-0.4, -0.2) is 10.6 Å². The lowest BCUT2D eigenvalue weighted by Crippen LogP contribution is -2.26. The molecule has 106 valence electrons. The first-order chi connectivity index (χ1) is 9.75. The highest BCUT2D eigenvalue weighted by Crippen LogP contribution is 2.29. The number of hydrogen-bond acceptors (Lipinski definition) is 1. The molecule has 1 heterocycles. The Labute approximate surface area is 129 Å². The zero-order valence-corrected chi connectivity index (χ0v) is 12.8. The number of halogens is 2. The minimum absolute atomic E-state index is 0.590. The summed E-state index contributed by atoms with van der Waals surface area (Å²) in [5, 5.41) is 4.83. The van der Waals surface area contributed by atoms with E-state index in [-0.39, 0.29) is 0 Å². The summed E-state index contributed by atoms with van der Waals surface area (Å²) in [7, 11) is 0. The van der Waals surface area contributed by atoms with Crippen molar-refractivity contribution in [1.82, 2.24) is 9.88 Å². The number of hydrogen-bond donors (Lipinski definition) is 1. The smallest absolute Gasteiger partial charge is 0.0832 e. The molecule has 1 aliphatic carbocycles. The van der Waals surface area contributed by atoms with Crippen molar-refractivity contribution in [3.05, 3.63) is 52.3 Å². The molecule has 1 N–H and O–H groups in total. The second-order valence-corrected chi connectivity index (χ2v) is 6.09. The number of nitrogens with one attached hydrogen (secondary N) is 1. The van der Waals surface area contributed by atoms with Crippen molar-refractivity contribution in [3.8, 4) is 5.69 Å². The first kappa shape index (κ1) is 14.0. The van der Waals surface area contributed by atoms with Gasteiger partial charge in [0.2, 0.25) is 0 Å². The summed E-state index contributed by atoms with van der Waals surface area (Å²) < 4.78 is 2.11. The number of aromatic nitrogens is 1. The average Bonchev–Trinajstić information content (AvgIpc) is 3.10. The molecule has 0 saturated heterocycles. The highest BCUT2D eigenvalue weighted by atomic mass is 35.5. The molecule has 3 rings (SSSR count). The Morgan fingerprint density at radius 3 is 2.70 bits per heavy atom. The van der Waals surface area contributed by atoms with Gasteiger partial charge in [-0.05, 0) is 37.1 Å². The lowest BCUT2D eigenvalue weighted by molar-refractivity contribution is 0.516. The fourth-order valence-electron chi connectivity index (χ4n) is 2.85. The third-order valence-electron chi connectivity index (χ3n) is 3.95. The maximum atomic E-state index is 6.31. The van der Waals surface area contributed by atoms with Crippen molar-refractivity contribution in [2.45, 2.75) is 38.3 Å². The Morgan fingerprint density at radius 1 is 1.10 bits per heavy atom. The molecule has 0 aliphatic heterocycles. The molecule has 1 aromatic carbocycles. The van der Waals surface area contributed by atoms with E-state index in [2.05, 4.69) is 16.0 Å². The van der Waals surface area contributed by atoms with Gasteiger partial charge in [-0.3, -0.25) is 0 Å². The minimum Gasteiger partial charge on any atom is -0.318 e. The van der Waals surface area contributed by atoms with Gasteiger partial charge in [0.25, 0.3) is 0 Å². The largest absolute Gasteiger partial charge is 0.318 e. The van der Waals surface area contributed by atoms with Gasteiger partial charge < -0.3 is 9.88 Å². The third-order valence-corrected chi connectivity index (χ3v) is 4.76. The van der Waals surface area contributed by atoms with Gasteiger partial charge in [-0.1, -0.05) is 42.1 Å². The molecule has 4 heteroatoms. The Hall–Kier alpha value is -0.960. The van der Waals surface area contributed by atoms with Gasteiger partial charge in [0, 0.05) is 24.5 Å². The van der Waals surface area contributed by atoms with E-state index in [1.54, 1.807) is 0 Å². The van der Waals surface area contributed by atoms with E-state index in [9.17, 15) is 0 Å². The van der Waals surface area contributed by atoms with Gasteiger partial charge in [0.15, 0.2) is 0 Å². The van der Waals surface area contributed by atoms with Crippen LogP contribution in [0.4, 0.5) is 0 Å². The highest BCUT2D eigenvalue weighted by molar-refractivity contribution is 6.43. The topological polar surface area (TPSA) is 17.0 Å². The maximum Gasteiger partial charge on any atom is 0.0832 e. The molecule has 0 unspecified atom stereocenters. The van der Waals surface area contributed by atoms with Gasteiger partial charge in [-0.2, -0.15) is 0 Å². The van der Waals surface area contributed by atoms with E-state index in [0.29, 0.717) is 16.1 Å². The molecule has 2 nitrogen and oxygen atoms in total. The second kappa shape index (κ2) is 6.21. The van der Waals surface area contributed by atoms with Crippen molar-refractivity contribution in [2.24, 2.45) is 0 Å². The molecule has 2 aromatic rings. The monoisotopic (exact) mass is 308 g/mol. The minimum atomic E-state index is 0.590. The summed E-state index contributed by atoms with van der Waals surface area (Å²) in [6.07, 6.45) is 7.30. The van der Waals surface area contributed by atoms with E-state index in [1.807, 2.05) is 30.5 Å². The molecule has 1 saturated carbocycles. The number of nitrogens with zero attached hydrogens (tertiary/aromatic N) is 1. The van der Waals surface area contributed by atoms with Crippen LogP contribution in [0.3, 0.4) is 0 Å². The normalized spacial score (nSPS) is 15.9. The van der Waals surface area contributed by atoms with Crippen molar-refractivity contribution >= 4 is 23.2 Å². The lowest BCUT2D eigenvalue weighted by atomic mass is 10.2. The first-order valence-corrected chi connectivity index (χ1v) is 7.85. The summed E-state index contributed by atoms with van der Waals surface area (Å²) in [5.74, 6) is 0. The Kier molecular flexibility index (Phi) is 4.35. The lowest BCUT2D eigenvalue weighted by Gasteiger charge is -2.15. The predicted molar refractivity (Wildman–Crippen MR) is 84.9 cm³/mol. The van der Waals surface area contributed by atoms with Crippen LogP contribution in [-0.2, 0) is 6.54 Å². The predicted octanol–water partition coefficient (Wildman–Crippen LogP) is 4.82. The van der Waals surface area contributed by atoms with Crippen LogP contribution in [0.1, 0.15) is 31.4 Å². The fraction of sp³-hybridized carbons (Fsp3) is 0.375. The Balaban J connectivity index is 1.80. The van der Waals surface area contributed by atoms with Crippen LogP contribution in [0.25, 0.3) is 5.69 Å². The van der Waals surface area contributed by atoms with E-state index in [0.717, 1.165) is 12.2 Å². The first-order valence-electron chi connectivity index (χ1n) is 7.10. The SMILES string of the molecule is Clc1cccc(-n2cccc2CNC2CCCC2)c1Cl. The van der Waals surface area contributed by atoms with Crippen LogP contribution in [0.5, 0.6) is 0 Å². The maximum absolute atomic E-state index is 6.31. The van der Waals surface area contributed by atoms with Crippen molar-refractivity contribution in [1.29, 1.82) is 0 Å².